The summed E-state index contributed by atoms with van der Waals surface area (Å²) in [5.74, 6) is 0.0928. The number of hydrazine groups is 2. The first-order valence-electron chi connectivity index (χ1n) is 31.0. The minimum absolute atomic E-state index is 0.000702. The number of nitro groups is 1. The molecule has 0 fully saturated rings. The standard InChI is InChI=1S/C23H18N4O2.C17H17N3O4S.C17H15N3O4.C16H15N5O4S/c1-29-22-12-5-4-11-20(22)26-24-17-8-6-9-18(15-17)25-27-23-19-10-3-2-7-16(19)13-14-21(23)28;1-18-25(23,24)12-7-9-15(21)14(10-12)19-20-17-13-5-3-2-4-11(13)6-8-16(17)22;1-10-2-5-13-11(8-10)3-7-15(21)17(13)19-18-14-6-4-12(20(23)24)9-16(14)22;1-10-15(16(23)21(20-10)11-5-3-2-4-6-11)19-18-13-9-12(26(17,24)25)7-8-14(13)22/h2-15,28H,1H3;2-10,18-22H,1H3;2-9,18-19,21-22H,1H3;2-9,20,22H,1H3,(H2,17,24,25). The van der Waals surface area contributed by atoms with E-state index in [2.05, 4.69) is 62.2 Å². The van der Waals surface area contributed by atoms with E-state index < -0.39 is 30.5 Å². The van der Waals surface area contributed by atoms with Gasteiger partial charge in [-0.3, -0.25) is 41.7 Å². The molecule has 0 bridgehead atoms. The lowest BCUT2D eigenvalue weighted by molar-refractivity contribution is -0.384. The van der Waals surface area contributed by atoms with Crippen molar-refractivity contribution in [1.29, 1.82) is 0 Å². The quantitative estimate of drug-likeness (QED) is 0.0164. The van der Waals surface area contributed by atoms with Crippen LogP contribution in [0.15, 0.2) is 282 Å². The Morgan fingerprint density at radius 1 is 0.481 bits per heavy atom. The molecular weight excluding hydrogens is 1380 g/mol. The van der Waals surface area contributed by atoms with E-state index in [-0.39, 0.29) is 72.7 Å². The van der Waals surface area contributed by atoms with Crippen LogP contribution in [0.3, 0.4) is 0 Å². The molecule has 528 valence electrons. The zero-order chi connectivity index (χ0) is 74.2. The van der Waals surface area contributed by atoms with Crippen molar-refractivity contribution in [3.8, 4) is 45.9 Å². The molecular formula is C73H65N15O14S2. The Kier molecular flexibility index (Phi) is 22.8. The third kappa shape index (κ3) is 17.8. The number of non-ortho nitro benzene ring substituents is 1. The number of phenolic OH excluding ortho intramolecular Hbond substituents is 6. The lowest BCUT2D eigenvalue weighted by atomic mass is 10.1. The monoisotopic (exact) mass is 1440 g/mol. The summed E-state index contributed by atoms with van der Waals surface area (Å²) in [5, 5.41) is 109. The number of phenols is 6. The largest absolute Gasteiger partial charge is 0.506 e. The van der Waals surface area contributed by atoms with Crippen LogP contribution in [0.2, 0.25) is 0 Å². The Morgan fingerprint density at radius 2 is 1.04 bits per heavy atom. The maximum absolute atomic E-state index is 12.5. The lowest BCUT2D eigenvalue weighted by Gasteiger charge is -2.15. The summed E-state index contributed by atoms with van der Waals surface area (Å²) in [7, 11) is -4.70. The SMILES string of the molecule is CNS(=O)(=O)c1ccc(O)c(NNc2c(O)ccc3ccccc23)c1.COc1ccccc1N=Nc1cccc(N=Nc2c(O)ccc3ccccc23)c1.Cc1[nH]n(-c2ccccc2)c(=O)c1N=Nc1cc(S(N)(=O)=O)ccc1O.Cc1ccc2c(NNc3ccc([N+](=O)[O-])cc3O)c(O)ccc2c1. The average Bonchev–Trinajstić information content (AvgIpc) is 1.01. The number of aromatic hydroxyl groups is 6. The number of aromatic nitrogens is 2. The van der Waals surface area contributed by atoms with Gasteiger partial charge in [-0.2, -0.15) is 10.2 Å². The van der Waals surface area contributed by atoms with E-state index in [0.29, 0.717) is 51.3 Å². The number of benzene rings is 12. The highest BCUT2D eigenvalue weighted by atomic mass is 32.2. The van der Waals surface area contributed by atoms with Crippen molar-refractivity contribution in [3.63, 3.8) is 0 Å². The fraction of sp³-hybridized carbons (Fsp3) is 0.0548. The molecule has 0 unspecified atom stereocenters. The normalized spacial score (nSPS) is 11.4. The molecule has 31 heteroatoms. The number of nitrogens with two attached hydrogens (primary N) is 1. The van der Waals surface area contributed by atoms with Gasteiger partial charge in [-0.1, -0.05) is 127 Å². The zero-order valence-electron chi connectivity index (χ0n) is 55.4. The van der Waals surface area contributed by atoms with E-state index in [1.807, 2.05) is 134 Å². The Balaban J connectivity index is 0.000000149. The number of H-pyrrole nitrogens is 1. The molecule has 1 aromatic heterocycles. The minimum Gasteiger partial charge on any atom is -0.506 e. The van der Waals surface area contributed by atoms with Crippen LogP contribution in [-0.4, -0.2) is 76.3 Å². The lowest BCUT2D eigenvalue weighted by Crippen LogP contribution is -2.19. The van der Waals surface area contributed by atoms with Gasteiger partial charge in [0.1, 0.15) is 68.7 Å². The molecule has 14 N–H and O–H groups in total. The number of hydrogen-bond donors (Lipinski definition) is 13. The van der Waals surface area contributed by atoms with Gasteiger partial charge in [0.2, 0.25) is 20.0 Å². The van der Waals surface area contributed by atoms with E-state index in [0.717, 1.165) is 62.1 Å². The molecule has 0 saturated carbocycles. The van der Waals surface area contributed by atoms with Gasteiger partial charge in [-0.15, -0.1) is 20.5 Å². The van der Waals surface area contributed by atoms with Gasteiger partial charge in [0.15, 0.2) is 5.69 Å². The van der Waals surface area contributed by atoms with Crippen molar-refractivity contribution in [2.45, 2.75) is 23.6 Å². The number of nitro benzene ring substituents is 1. The second-order valence-electron chi connectivity index (χ2n) is 22.4. The summed E-state index contributed by atoms with van der Waals surface area (Å²) in [5.41, 5.74) is 16.2. The Labute approximate surface area is 593 Å². The van der Waals surface area contributed by atoms with E-state index >= 15 is 0 Å². The predicted molar refractivity (Wildman–Crippen MR) is 398 cm³/mol. The first kappa shape index (κ1) is 73.0. The fourth-order valence-corrected chi connectivity index (χ4v) is 11.3. The number of fused-ring (bicyclic) bond motifs is 3. The van der Waals surface area contributed by atoms with Gasteiger partial charge >= 0.3 is 0 Å². The van der Waals surface area contributed by atoms with Gasteiger partial charge in [-0.05, 0) is 140 Å². The van der Waals surface area contributed by atoms with Crippen LogP contribution >= 0.6 is 0 Å². The third-order valence-corrected chi connectivity index (χ3v) is 17.7. The van der Waals surface area contributed by atoms with Crippen LogP contribution in [0, 0.1) is 24.0 Å². The molecule has 13 rings (SSSR count). The summed E-state index contributed by atoms with van der Waals surface area (Å²) in [6.07, 6.45) is 0. The van der Waals surface area contributed by atoms with E-state index in [1.54, 1.807) is 68.6 Å². The highest BCUT2D eigenvalue weighted by Gasteiger charge is 2.18. The maximum atomic E-state index is 12.5. The van der Waals surface area contributed by atoms with Gasteiger partial charge < -0.3 is 35.4 Å². The molecule has 0 aliphatic rings. The number of aryl methyl sites for hydroxylation is 2. The Hall–Kier alpha value is -13.8. The van der Waals surface area contributed by atoms with Gasteiger partial charge in [0.25, 0.3) is 11.2 Å². The molecule has 0 radical (unpaired) electrons. The van der Waals surface area contributed by atoms with Gasteiger partial charge in [-0.25, -0.2) is 31.4 Å². The van der Waals surface area contributed by atoms with Crippen molar-refractivity contribution in [1.82, 2.24) is 14.5 Å². The number of para-hydroxylation sites is 2. The molecule has 0 aliphatic carbocycles. The molecule has 12 aromatic carbocycles. The second kappa shape index (κ2) is 32.5. The fourth-order valence-electron chi connectivity index (χ4n) is 10.0. The van der Waals surface area contributed by atoms with Crippen molar-refractivity contribution in [2.24, 2.45) is 35.8 Å². The number of hydrogen-bond acceptors (Lipinski definition) is 24. The van der Waals surface area contributed by atoms with Crippen LogP contribution in [0.4, 0.5) is 62.6 Å². The van der Waals surface area contributed by atoms with Crippen LogP contribution in [-0.2, 0) is 20.0 Å². The Morgan fingerprint density at radius 3 is 1.70 bits per heavy atom. The van der Waals surface area contributed by atoms with Crippen LogP contribution < -0.4 is 41.9 Å². The number of nitrogens with zero attached hydrogens (tertiary/aromatic N) is 8. The van der Waals surface area contributed by atoms with Crippen LogP contribution in [0.25, 0.3) is 38.0 Å². The number of primary sulfonamides is 1. The third-order valence-electron chi connectivity index (χ3n) is 15.4. The number of anilines is 4. The average molecular weight is 1440 g/mol. The summed E-state index contributed by atoms with van der Waals surface area (Å²) < 4.78 is 55.4. The van der Waals surface area contributed by atoms with Crippen molar-refractivity contribution >= 4 is 115 Å². The van der Waals surface area contributed by atoms with Gasteiger partial charge in [0.05, 0.1) is 62.0 Å². The number of rotatable bonds is 18. The highest BCUT2D eigenvalue weighted by Crippen LogP contribution is 2.40. The molecule has 0 amide bonds. The smallest absolute Gasteiger partial charge is 0.299 e. The molecule has 1 heterocycles. The first-order valence-corrected chi connectivity index (χ1v) is 34.1. The first-order chi connectivity index (χ1) is 49.9. The zero-order valence-corrected chi connectivity index (χ0v) is 57.1. The Bertz CT molecular complexity index is 5740. The summed E-state index contributed by atoms with van der Waals surface area (Å²) >= 11 is 0. The van der Waals surface area contributed by atoms with Crippen LogP contribution in [0.1, 0.15) is 11.3 Å². The van der Waals surface area contributed by atoms with E-state index in [4.69, 9.17) is 9.88 Å². The molecule has 13 aromatic rings. The highest BCUT2D eigenvalue weighted by molar-refractivity contribution is 7.89. The molecule has 0 spiro atoms. The minimum atomic E-state index is -3.96. The number of sulfonamides is 2. The van der Waals surface area contributed by atoms with E-state index in [9.17, 15) is 62.4 Å². The predicted octanol–water partition coefficient (Wildman–Crippen LogP) is 16.1. The summed E-state index contributed by atoms with van der Waals surface area (Å²) in [4.78, 5) is 22.4. The van der Waals surface area contributed by atoms with Crippen molar-refractivity contribution in [3.05, 3.63) is 268 Å². The number of methoxy groups -OCH3 is 1. The van der Waals surface area contributed by atoms with Gasteiger partial charge in [0, 0.05) is 22.2 Å². The number of aromatic amines is 1. The number of ether oxygens (including phenoxy) is 1. The summed E-state index contributed by atoms with van der Waals surface area (Å²) in [6.45, 7) is 3.63. The second-order valence-corrected chi connectivity index (χ2v) is 25.9. The van der Waals surface area contributed by atoms with Crippen LogP contribution in [0.5, 0.6) is 40.2 Å². The van der Waals surface area contributed by atoms with E-state index in [1.165, 1.54) is 42.1 Å². The molecule has 0 aliphatic heterocycles. The van der Waals surface area contributed by atoms with Crippen molar-refractivity contribution in [2.75, 3.05) is 35.9 Å². The molecule has 0 atom stereocenters. The molecule has 29 nitrogen and oxygen atoms in total. The molecule has 0 saturated heterocycles. The maximum Gasteiger partial charge on any atom is 0.299 e. The van der Waals surface area contributed by atoms with Crippen molar-refractivity contribution < 1.29 is 57.1 Å². The number of nitrogens with one attached hydrogen (secondary N) is 6. The topological polar surface area (TPSA) is 440 Å². The molecule has 104 heavy (non-hydrogen) atoms. The summed E-state index contributed by atoms with van der Waals surface area (Å²) in [6, 6.07) is 65.6. The number of azo groups is 3.